The second-order valence-corrected chi connectivity index (χ2v) is 7.95. The van der Waals surface area contributed by atoms with Gasteiger partial charge in [0.2, 0.25) is 5.91 Å². The van der Waals surface area contributed by atoms with E-state index in [4.69, 9.17) is 4.99 Å². The van der Waals surface area contributed by atoms with Gasteiger partial charge in [-0.3, -0.25) is 14.6 Å². The highest BCUT2D eigenvalue weighted by atomic mass is 16.2. The molecule has 31 heavy (non-hydrogen) atoms. The van der Waals surface area contributed by atoms with E-state index in [1.165, 1.54) is 0 Å². The number of carbonyl (C=O) groups is 2. The van der Waals surface area contributed by atoms with Crippen molar-refractivity contribution in [3.63, 3.8) is 0 Å². The molecule has 0 bridgehead atoms. The Hall–Kier alpha value is -3.25. The summed E-state index contributed by atoms with van der Waals surface area (Å²) < 4.78 is 0. The molecule has 0 saturated heterocycles. The van der Waals surface area contributed by atoms with Crippen molar-refractivity contribution >= 4 is 23.2 Å². The predicted molar refractivity (Wildman–Crippen MR) is 126 cm³/mol. The molecule has 0 unspecified atom stereocenters. The molecular weight excluding hydrogens is 388 g/mol. The smallest absolute Gasteiger partial charge is 0.253 e. The third-order valence-electron chi connectivity index (χ3n) is 4.97. The molecule has 2 aromatic carbocycles. The van der Waals surface area contributed by atoms with Crippen LogP contribution in [0.1, 0.15) is 25.0 Å². The maximum Gasteiger partial charge on any atom is 0.253 e. The number of rotatable bonds is 9. The Morgan fingerprint density at radius 3 is 2.58 bits per heavy atom. The summed E-state index contributed by atoms with van der Waals surface area (Å²) in [7, 11) is 0. The highest BCUT2D eigenvalue weighted by Gasteiger charge is 2.32. The summed E-state index contributed by atoms with van der Waals surface area (Å²) >= 11 is 0. The predicted octanol–water partition coefficient (Wildman–Crippen LogP) is 2.79. The Morgan fingerprint density at radius 2 is 1.87 bits per heavy atom. The van der Waals surface area contributed by atoms with Crippen molar-refractivity contribution in [2.45, 2.75) is 19.9 Å². The normalized spacial score (nSPS) is 15.8. The second kappa shape index (κ2) is 10.7. The van der Waals surface area contributed by atoms with E-state index in [2.05, 4.69) is 31.1 Å². The number of amides is 2. The number of aliphatic imine (C=N–C) groups is 1. The molecule has 0 spiro atoms. The van der Waals surface area contributed by atoms with E-state index in [0.717, 1.165) is 23.4 Å². The number of hydrogen-bond donors (Lipinski definition) is 2. The molecule has 0 aromatic heterocycles. The van der Waals surface area contributed by atoms with Gasteiger partial charge in [0.1, 0.15) is 12.6 Å². The average Bonchev–Trinajstić information content (AvgIpc) is 2.88. The molecule has 2 amide bonds. The van der Waals surface area contributed by atoms with Crippen molar-refractivity contribution in [3.8, 4) is 0 Å². The van der Waals surface area contributed by atoms with Gasteiger partial charge in [0, 0.05) is 24.2 Å². The van der Waals surface area contributed by atoms with Crippen LogP contribution < -0.4 is 15.5 Å². The van der Waals surface area contributed by atoms with E-state index >= 15 is 0 Å². The van der Waals surface area contributed by atoms with Crippen molar-refractivity contribution in [2.75, 3.05) is 31.1 Å². The van der Waals surface area contributed by atoms with Crippen LogP contribution >= 0.6 is 0 Å². The summed E-state index contributed by atoms with van der Waals surface area (Å²) in [5.74, 6) is 0.0277. The maximum atomic E-state index is 13.5. The van der Waals surface area contributed by atoms with Crippen LogP contribution in [0.3, 0.4) is 0 Å². The largest absolute Gasteiger partial charge is 0.351 e. The van der Waals surface area contributed by atoms with Gasteiger partial charge in [-0.2, -0.15) is 0 Å². The van der Waals surface area contributed by atoms with Crippen LogP contribution in [0.25, 0.3) is 0 Å². The first kappa shape index (κ1) is 22.4. The molecule has 1 heterocycles. The molecule has 1 atom stereocenters. The van der Waals surface area contributed by atoms with E-state index in [9.17, 15) is 9.59 Å². The molecule has 162 valence electrons. The third-order valence-corrected chi connectivity index (χ3v) is 4.97. The highest BCUT2D eigenvalue weighted by Crippen LogP contribution is 2.28. The molecule has 2 N–H and O–H groups in total. The fraction of sp³-hybridized carbons (Fsp3) is 0.320. The number of fused-ring (bicyclic) bond motifs is 1. The van der Waals surface area contributed by atoms with Gasteiger partial charge in [0.25, 0.3) is 5.91 Å². The third kappa shape index (κ3) is 5.67. The van der Waals surface area contributed by atoms with Crippen molar-refractivity contribution in [3.05, 3.63) is 78.4 Å². The number of benzene rings is 2. The van der Waals surface area contributed by atoms with Crippen LogP contribution in [0.5, 0.6) is 0 Å². The molecule has 3 rings (SSSR count). The molecule has 1 aliphatic rings. The minimum atomic E-state index is -0.631. The van der Waals surface area contributed by atoms with Crippen LogP contribution in [-0.4, -0.2) is 49.7 Å². The van der Waals surface area contributed by atoms with Crippen molar-refractivity contribution < 1.29 is 9.59 Å². The number of benzodiazepines with no additional fused rings is 1. The topological polar surface area (TPSA) is 73.8 Å². The van der Waals surface area contributed by atoms with Crippen LogP contribution in [-0.2, 0) is 9.59 Å². The molecule has 6 heteroatoms. The lowest BCUT2D eigenvalue weighted by molar-refractivity contribution is -0.124. The van der Waals surface area contributed by atoms with E-state index < -0.39 is 6.04 Å². The Balaban J connectivity index is 2.03. The highest BCUT2D eigenvalue weighted by molar-refractivity contribution is 6.20. The summed E-state index contributed by atoms with van der Waals surface area (Å²) in [4.78, 5) is 32.5. The first-order valence-corrected chi connectivity index (χ1v) is 10.6. The number of anilines is 1. The van der Waals surface area contributed by atoms with Gasteiger partial charge in [-0.15, -0.1) is 6.58 Å². The summed E-state index contributed by atoms with van der Waals surface area (Å²) in [6.45, 7) is 9.34. The van der Waals surface area contributed by atoms with Crippen molar-refractivity contribution in [2.24, 2.45) is 10.9 Å². The van der Waals surface area contributed by atoms with Gasteiger partial charge < -0.3 is 15.5 Å². The average molecular weight is 419 g/mol. The monoisotopic (exact) mass is 418 g/mol. The van der Waals surface area contributed by atoms with Gasteiger partial charge in [-0.05, 0) is 18.5 Å². The van der Waals surface area contributed by atoms with E-state index in [1.54, 1.807) is 11.0 Å². The molecule has 0 aliphatic carbocycles. The fourth-order valence-corrected chi connectivity index (χ4v) is 3.50. The Bertz CT molecular complexity index is 953. The number of nitrogens with one attached hydrogen (secondary N) is 2. The number of nitrogens with zero attached hydrogens (tertiary/aromatic N) is 2. The lowest BCUT2D eigenvalue weighted by atomic mass is 10.0. The maximum absolute atomic E-state index is 13.5. The number of para-hydroxylation sites is 1. The van der Waals surface area contributed by atoms with Crippen LogP contribution in [0.15, 0.2) is 72.2 Å². The molecule has 0 radical (unpaired) electrons. The fourth-order valence-electron chi connectivity index (χ4n) is 3.50. The zero-order valence-electron chi connectivity index (χ0n) is 18.2. The second-order valence-electron chi connectivity index (χ2n) is 7.95. The zero-order chi connectivity index (χ0) is 22.2. The van der Waals surface area contributed by atoms with Gasteiger partial charge >= 0.3 is 0 Å². The molecule has 0 saturated carbocycles. The van der Waals surface area contributed by atoms with E-state index in [1.807, 2.05) is 54.6 Å². The first-order valence-electron chi connectivity index (χ1n) is 10.6. The lowest BCUT2D eigenvalue weighted by Gasteiger charge is -2.25. The lowest BCUT2D eigenvalue weighted by Crippen LogP contribution is -2.47. The quantitative estimate of drug-likeness (QED) is 0.615. The van der Waals surface area contributed by atoms with Crippen LogP contribution in [0.4, 0.5) is 5.69 Å². The van der Waals surface area contributed by atoms with Crippen LogP contribution in [0, 0.1) is 5.92 Å². The minimum Gasteiger partial charge on any atom is -0.351 e. The van der Waals surface area contributed by atoms with Crippen LogP contribution in [0.2, 0.25) is 0 Å². The molecule has 6 nitrogen and oxygen atoms in total. The Labute approximate surface area is 184 Å². The molecular formula is C25H30N4O2. The first-order chi connectivity index (χ1) is 15.0. The molecule has 0 fully saturated rings. The summed E-state index contributed by atoms with van der Waals surface area (Å²) in [5.41, 5.74) is 3.23. The molecule has 2 aromatic rings. The summed E-state index contributed by atoms with van der Waals surface area (Å²) in [6, 6.07) is 16.8. The van der Waals surface area contributed by atoms with E-state index in [0.29, 0.717) is 24.7 Å². The zero-order valence-corrected chi connectivity index (χ0v) is 18.2. The van der Waals surface area contributed by atoms with Crippen molar-refractivity contribution in [1.29, 1.82) is 0 Å². The standard InChI is InChI=1S/C25H30N4O2/c1-4-14-27-23(30)17-29-22-13-9-8-12-20(22)24(19-10-6-5-7-11-19)28-21(25(29)31)16-26-15-18(2)3/h4-13,18,21,26H,1,14-17H2,2-3H3,(H,27,30)/t21-/m1/s1. The molecule has 1 aliphatic heterocycles. The van der Waals surface area contributed by atoms with Crippen molar-refractivity contribution in [1.82, 2.24) is 10.6 Å². The Morgan fingerprint density at radius 1 is 1.16 bits per heavy atom. The van der Waals surface area contributed by atoms with Gasteiger partial charge in [0.15, 0.2) is 0 Å². The van der Waals surface area contributed by atoms with Gasteiger partial charge in [-0.1, -0.05) is 68.5 Å². The SMILES string of the molecule is C=CCNC(=O)CN1C(=O)[C@@H](CNCC(C)C)N=C(c2ccccc2)c2ccccc21. The number of hydrogen-bond acceptors (Lipinski definition) is 4. The van der Waals surface area contributed by atoms with Gasteiger partial charge in [-0.25, -0.2) is 0 Å². The Kier molecular flexibility index (Phi) is 7.73. The van der Waals surface area contributed by atoms with E-state index in [-0.39, 0.29) is 18.4 Å². The van der Waals surface area contributed by atoms with Gasteiger partial charge in [0.05, 0.1) is 11.4 Å². The summed E-state index contributed by atoms with van der Waals surface area (Å²) in [5, 5.41) is 6.11. The minimum absolute atomic E-state index is 0.0675. The summed E-state index contributed by atoms with van der Waals surface area (Å²) in [6.07, 6.45) is 1.62. The number of carbonyl (C=O) groups excluding carboxylic acids is 2.